The zero-order valence-corrected chi connectivity index (χ0v) is 11.8. The van der Waals surface area contributed by atoms with Crippen LogP contribution >= 0.6 is 0 Å². The molecule has 0 bridgehead atoms. The van der Waals surface area contributed by atoms with Crippen LogP contribution in [-0.4, -0.2) is 64.8 Å². The third-order valence-electron chi connectivity index (χ3n) is 4.40. The molecule has 0 aliphatic carbocycles. The van der Waals surface area contributed by atoms with E-state index in [1.54, 1.807) is 4.90 Å². The fourth-order valence-corrected chi connectivity index (χ4v) is 3.16. The van der Waals surface area contributed by atoms with Crippen LogP contribution in [0.1, 0.15) is 32.1 Å². The van der Waals surface area contributed by atoms with Gasteiger partial charge in [-0.15, -0.1) is 0 Å². The Hall–Kier alpha value is -1.30. The van der Waals surface area contributed by atoms with E-state index in [2.05, 4.69) is 0 Å². The van der Waals surface area contributed by atoms with Crippen molar-refractivity contribution in [3.05, 3.63) is 0 Å². The lowest BCUT2D eigenvalue weighted by molar-refractivity contribution is -0.138. The maximum Gasteiger partial charge on any atom is 0.320 e. The van der Waals surface area contributed by atoms with Gasteiger partial charge in [0.2, 0.25) is 0 Å². The maximum absolute atomic E-state index is 12.4. The van der Waals surface area contributed by atoms with E-state index >= 15 is 0 Å². The number of amides is 2. The highest BCUT2D eigenvalue weighted by Gasteiger charge is 2.30. The van der Waals surface area contributed by atoms with Crippen LogP contribution < -0.4 is 0 Å². The third-order valence-corrected chi connectivity index (χ3v) is 4.40. The standard InChI is InChI=1S/C14H24N2O4/c17-10-11-3-6-15(7-4-11)14(20)16-5-1-2-12(9-16)8-13(18)19/h11-12,17H,1-10H2,(H,18,19). The number of carbonyl (C=O) groups excluding carboxylic acids is 1. The summed E-state index contributed by atoms with van der Waals surface area (Å²) in [6, 6.07) is 0.0384. The number of hydrogen-bond donors (Lipinski definition) is 2. The second kappa shape index (κ2) is 6.92. The maximum atomic E-state index is 12.4. The van der Waals surface area contributed by atoms with Crippen molar-refractivity contribution in [3.63, 3.8) is 0 Å². The smallest absolute Gasteiger partial charge is 0.320 e. The van der Waals surface area contributed by atoms with Crippen molar-refractivity contribution in [1.82, 2.24) is 9.80 Å². The molecule has 0 radical (unpaired) electrons. The minimum absolute atomic E-state index is 0.0384. The van der Waals surface area contributed by atoms with Gasteiger partial charge in [-0.25, -0.2) is 4.79 Å². The number of carbonyl (C=O) groups is 2. The number of piperidine rings is 2. The van der Waals surface area contributed by atoms with Crippen LogP contribution in [0, 0.1) is 11.8 Å². The highest BCUT2D eigenvalue weighted by molar-refractivity contribution is 5.75. The summed E-state index contributed by atoms with van der Waals surface area (Å²) >= 11 is 0. The van der Waals surface area contributed by atoms with Crippen molar-refractivity contribution >= 4 is 12.0 Å². The first-order chi connectivity index (χ1) is 9.60. The summed E-state index contributed by atoms with van der Waals surface area (Å²) < 4.78 is 0. The summed E-state index contributed by atoms with van der Waals surface area (Å²) in [7, 11) is 0. The highest BCUT2D eigenvalue weighted by atomic mass is 16.4. The molecule has 2 N–H and O–H groups in total. The molecule has 0 aromatic heterocycles. The average molecular weight is 284 g/mol. The van der Waals surface area contributed by atoms with Gasteiger partial charge in [-0.1, -0.05) is 0 Å². The first kappa shape index (κ1) is 15.1. The largest absolute Gasteiger partial charge is 0.481 e. The SMILES string of the molecule is O=C(O)CC1CCCN(C(=O)N2CCC(CO)CC2)C1. The van der Waals surface area contributed by atoms with Gasteiger partial charge in [0.25, 0.3) is 0 Å². The van der Waals surface area contributed by atoms with Gasteiger partial charge in [0.1, 0.15) is 0 Å². The van der Waals surface area contributed by atoms with E-state index in [1.165, 1.54) is 0 Å². The summed E-state index contributed by atoms with van der Waals surface area (Å²) in [5.74, 6) is -0.381. The Morgan fingerprint density at radius 1 is 1.00 bits per heavy atom. The van der Waals surface area contributed by atoms with Crippen molar-refractivity contribution < 1.29 is 19.8 Å². The molecule has 114 valence electrons. The first-order valence-electron chi connectivity index (χ1n) is 7.46. The van der Waals surface area contributed by atoms with E-state index in [4.69, 9.17) is 10.2 Å². The molecule has 0 spiro atoms. The quantitative estimate of drug-likeness (QED) is 0.810. The number of aliphatic hydroxyl groups excluding tert-OH is 1. The molecule has 1 unspecified atom stereocenters. The number of aliphatic carboxylic acids is 1. The molecular formula is C14H24N2O4. The van der Waals surface area contributed by atoms with E-state index < -0.39 is 5.97 Å². The van der Waals surface area contributed by atoms with E-state index in [0.29, 0.717) is 25.6 Å². The molecule has 1 atom stereocenters. The third kappa shape index (κ3) is 3.85. The Labute approximate surface area is 119 Å². The van der Waals surface area contributed by atoms with Gasteiger partial charge >= 0.3 is 12.0 Å². The lowest BCUT2D eigenvalue weighted by atomic mass is 9.94. The van der Waals surface area contributed by atoms with Gasteiger partial charge in [-0.2, -0.15) is 0 Å². The number of likely N-dealkylation sites (tertiary alicyclic amines) is 2. The van der Waals surface area contributed by atoms with Crippen LogP contribution in [0.3, 0.4) is 0 Å². The lowest BCUT2D eigenvalue weighted by Gasteiger charge is -2.38. The lowest BCUT2D eigenvalue weighted by Crippen LogP contribution is -2.50. The molecule has 2 aliphatic rings. The first-order valence-corrected chi connectivity index (χ1v) is 7.46. The predicted molar refractivity (Wildman–Crippen MR) is 73.3 cm³/mol. The summed E-state index contributed by atoms with van der Waals surface area (Å²) in [4.78, 5) is 26.8. The normalized spacial score (nSPS) is 24.8. The van der Waals surface area contributed by atoms with Gasteiger partial charge in [0.15, 0.2) is 0 Å². The van der Waals surface area contributed by atoms with Crippen LogP contribution in [0.5, 0.6) is 0 Å². The van der Waals surface area contributed by atoms with E-state index in [9.17, 15) is 9.59 Å². The second-order valence-electron chi connectivity index (χ2n) is 5.95. The van der Waals surface area contributed by atoms with Gasteiger partial charge in [-0.3, -0.25) is 4.79 Å². The van der Waals surface area contributed by atoms with Crippen molar-refractivity contribution in [2.45, 2.75) is 32.1 Å². The minimum atomic E-state index is -0.784. The molecule has 6 heteroatoms. The molecule has 2 rings (SSSR count). The molecular weight excluding hydrogens is 260 g/mol. The van der Waals surface area contributed by atoms with Crippen molar-refractivity contribution in [3.8, 4) is 0 Å². The monoisotopic (exact) mass is 284 g/mol. The van der Waals surface area contributed by atoms with Crippen LogP contribution in [-0.2, 0) is 4.79 Å². The number of rotatable bonds is 3. The summed E-state index contributed by atoms with van der Waals surface area (Å²) in [6.07, 6.45) is 3.64. The van der Waals surface area contributed by atoms with Crippen LogP contribution in [0.4, 0.5) is 4.79 Å². The van der Waals surface area contributed by atoms with E-state index in [0.717, 1.165) is 32.2 Å². The Kier molecular flexibility index (Phi) is 5.23. The number of nitrogens with zero attached hydrogens (tertiary/aromatic N) is 2. The minimum Gasteiger partial charge on any atom is -0.481 e. The zero-order chi connectivity index (χ0) is 14.5. The predicted octanol–water partition coefficient (Wildman–Crippen LogP) is 0.997. The number of carboxylic acid groups (broad SMARTS) is 1. The van der Waals surface area contributed by atoms with Crippen molar-refractivity contribution in [2.24, 2.45) is 11.8 Å². The van der Waals surface area contributed by atoms with Gasteiger partial charge < -0.3 is 20.0 Å². The summed E-state index contributed by atoms with van der Waals surface area (Å²) in [5, 5.41) is 18.0. The molecule has 2 fully saturated rings. The van der Waals surface area contributed by atoms with Crippen LogP contribution in [0.25, 0.3) is 0 Å². The number of aliphatic hydroxyl groups is 1. The fraction of sp³-hybridized carbons (Fsp3) is 0.857. The second-order valence-corrected chi connectivity index (χ2v) is 5.95. The number of hydrogen-bond acceptors (Lipinski definition) is 3. The molecule has 2 saturated heterocycles. The average Bonchev–Trinajstić information content (AvgIpc) is 2.46. The van der Waals surface area contributed by atoms with Crippen LogP contribution in [0.2, 0.25) is 0 Å². The topological polar surface area (TPSA) is 81.1 Å². The Balaban J connectivity index is 1.84. The van der Waals surface area contributed by atoms with Crippen LogP contribution in [0.15, 0.2) is 0 Å². The van der Waals surface area contributed by atoms with Gasteiger partial charge in [-0.05, 0) is 37.5 Å². The summed E-state index contributed by atoms with van der Waals surface area (Å²) in [6.45, 7) is 2.89. The molecule has 0 aromatic rings. The summed E-state index contributed by atoms with van der Waals surface area (Å²) in [5.41, 5.74) is 0. The van der Waals surface area contributed by atoms with Gasteiger partial charge in [0, 0.05) is 39.2 Å². The molecule has 0 aromatic carbocycles. The molecule has 2 aliphatic heterocycles. The highest BCUT2D eigenvalue weighted by Crippen LogP contribution is 2.23. The van der Waals surface area contributed by atoms with Crippen molar-refractivity contribution in [2.75, 3.05) is 32.8 Å². The molecule has 2 amide bonds. The van der Waals surface area contributed by atoms with Gasteiger partial charge in [0.05, 0.1) is 0 Å². The Morgan fingerprint density at radius 2 is 1.70 bits per heavy atom. The fourth-order valence-electron chi connectivity index (χ4n) is 3.16. The molecule has 6 nitrogen and oxygen atoms in total. The number of carboxylic acids is 1. The number of urea groups is 1. The molecule has 0 saturated carbocycles. The Morgan fingerprint density at radius 3 is 2.30 bits per heavy atom. The molecule has 2 heterocycles. The van der Waals surface area contributed by atoms with Crippen molar-refractivity contribution in [1.29, 1.82) is 0 Å². The molecule has 20 heavy (non-hydrogen) atoms. The van der Waals surface area contributed by atoms with E-state index in [1.807, 2.05) is 4.90 Å². The Bertz CT molecular complexity index is 353. The van der Waals surface area contributed by atoms with E-state index in [-0.39, 0.29) is 25.0 Å². The zero-order valence-electron chi connectivity index (χ0n) is 11.8.